The molecule has 0 spiro atoms. The zero-order valence-corrected chi connectivity index (χ0v) is 16.9. The first-order valence-electron chi connectivity index (χ1n) is 9.52. The lowest BCUT2D eigenvalue weighted by Gasteiger charge is -2.48. The van der Waals surface area contributed by atoms with E-state index in [1.54, 1.807) is 14.2 Å². The van der Waals surface area contributed by atoms with Gasteiger partial charge in [0.05, 0.1) is 12.7 Å². The molecule has 0 N–H and O–H groups in total. The summed E-state index contributed by atoms with van der Waals surface area (Å²) in [5.74, 6) is 0. The van der Waals surface area contributed by atoms with Gasteiger partial charge in [0.1, 0.15) is 5.22 Å². The third-order valence-corrected chi connectivity index (χ3v) is 10.5. The molecule has 2 aliphatic heterocycles. The summed E-state index contributed by atoms with van der Waals surface area (Å²) in [5.41, 5.74) is 2.88. The summed E-state index contributed by atoms with van der Waals surface area (Å²) in [4.78, 5) is 0. The maximum atomic E-state index is 6.11. The summed E-state index contributed by atoms with van der Waals surface area (Å²) in [5, 5.41) is -0.219. The monoisotopic (exact) mass is 364 g/mol. The van der Waals surface area contributed by atoms with Crippen LogP contribution in [0.5, 0.6) is 0 Å². The Morgan fingerprint density at radius 2 is 1.84 bits per heavy atom. The van der Waals surface area contributed by atoms with Gasteiger partial charge < -0.3 is 18.3 Å². The second-order valence-electron chi connectivity index (χ2n) is 7.35. The summed E-state index contributed by atoms with van der Waals surface area (Å²) in [6.45, 7) is 0.914. The number of hydrogen-bond donors (Lipinski definition) is 0. The molecule has 0 aromatic heterocycles. The predicted molar refractivity (Wildman–Crippen MR) is 101 cm³/mol. The molecule has 2 heterocycles. The van der Waals surface area contributed by atoms with Crippen molar-refractivity contribution < 1.29 is 18.3 Å². The van der Waals surface area contributed by atoms with Crippen LogP contribution in [0.1, 0.15) is 43.2 Å². The molecule has 5 heteroatoms. The lowest BCUT2D eigenvalue weighted by atomic mass is 9.96. The van der Waals surface area contributed by atoms with Crippen molar-refractivity contribution in [1.29, 1.82) is 0 Å². The van der Waals surface area contributed by atoms with Gasteiger partial charge in [0.15, 0.2) is 0 Å². The maximum absolute atomic E-state index is 6.11. The Bertz CT molecular complexity index is 556. The molecule has 0 bridgehead atoms. The number of methoxy groups -OCH3 is 1. The maximum Gasteiger partial charge on any atom is 0.370 e. The van der Waals surface area contributed by atoms with Gasteiger partial charge in [-0.05, 0) is 42.9 Å². The van der Waals surface area contributed by atoms with Crippen molar-refractivity contribution in [3.63, 3.8) is 0 Å². The molecule has 2 unspecified atom stereocenters. The number of hydrogen-bond acceptors (Lipinski definition) is 4. The fraction of sp³-hybridized carbons (Fsp3) is 0.700. The molecule has 140 valence electrons. The Labute approximate surface area is 153 Å². The predicted octanol–water partition coefficient (Wildman–Crippen LogP) is 3.79. The average Bonchev–Trinajstić information content (AvgIpc) is 3.47. The largest absolute Gasteiger partial charge is 0.396 e. The summed E-state index contributed by atoms with van der Waals surface area (Å²) in [6, 6.07) is 9.81. The van der Waals surface area contributed by atoms with Crippen LogP contribution < -0.4 is 0 Å². The topological polar surface area (TPSA) is 40.2 Å². The van der Waals surface area contributed by atoms with E-state index in [-0.39, 0.29) is 5.22 Å². The van der Waals surface area contributed by atoms with Crippen LogP contribution in [0.15, 0.2) is 24.3 Å². The van der Waals surface area contributed by atoms with E-state index < -0.39 is 8.56 Å². The third kappa shape index (κ3) is 4.01. The molecule has 0 amide bonds. The summed E-state index contributed by atoms with van der Waals surface area (Å²) in [6.07, 6.45) is 8.09. The van der Waals surface area contributed by atoms with E-state index in [1.165, 1.54) is 24.0 Å². The highest BCUT2D eigenvalue weighted by molar-refractivity contribution is 6.70. The SMILES string of the molecule is COC1(CCCc2ccccc2CC2CO2)CCCC[Si]1(OC)OC. The fourth-order valence-electron chi connectivity index (χ4n) is 4.52. The van der Waals surface area contributed by atoms with Crippen molar-refractivity contribution >= 4 is 8.56 Å². The second kappa shape index (κ2) is 8.31. The first-order chi connectivity index (χ1) is 12.2. The minimum absolute atomic E-state index is 0.219. The lowest BCUT2D eigenvalue weighted by molar-refractivity contribution is -0.0156. The van der Waals surface area contributed by atoms with Gasteiger partial charge in [-0.15, -0.1) is 0 Å². The van der Waals surface area contributed by atoms with Crippen molar-refractivity contribution in [1.82, 2.24) is 0 Å². The standard InChI is InChI=1S/C20H32O4Si/c1-21-20(12-6-7-14-25(20,22-2)23-3)13-8-11-17-9-4-5-10-18(17)15-19-16-24-19/h4-5,9-10,19H,6-8,11-16H2,1-3H3. The summed E-state index contributed by atoms with van der Waals surface area (Å²) >= 11 is 0. The smallest absolute Gasteiger partial charge is 0.370 e. The molecule has 0 radical (unpaired) electrons. The lowest BCUT2D eigenvalue weighted by Crippen LogP contribution is -2.64. The van der Waals surface area contributed by atoms with E-state index >= 15 is 0 Å². The Hall–Kier alpha value is -0.723. The molecule has 25 heavy (non-hydrogen) atoms. The number of epoxide rings is 1. The summed E-state index contributed by atoms with van der Waals surface area (Å²) in [7, 11) is 3.13. The van der Waals surface area contributed by atoms with Gasteiger partial charge in [0, 0.05) is 27.8 Å². The van der Waals surface area contributed by atoms with Gasteiger partial charge in [-0.1, -0.05) is 37.1 Å². The van der Waals surface area contributed by atoms with E-state index in [2.05, 4.69) is 24.3 Å². The van der Waals surface area contributed by atoms with E-state index in [9.17, 15) is 0 Å². The van der Waals surface area contributed by atoms with Crippen LogP contribution in [0.4, 0.5) is 0 Å². The molecular formula is C20H32O4Si. The van der Waals surface area contributed by atoms with Crippen LogP contribution in [0.2, 0.25) is 6.04 Å². The Kier molecular flexibility index (Phi) is 6.33. The molecule has 2 fully saturated rings. The minimum atomic E-state index is -2.32. The molecule has 4 nitrogen and oxygen atoms in total. The molecule has 1 aromatic carbocycles. The summed E-state index contributed by atoms with van der Waals surface area (Å²) < 4.78 is 23.5. The third-order valence-electron chi connectivity index (χ3n) is 6.08. The van der Waals surface area contributed by atoms with Crippen LogP contribution in [0, 0.1) is 0 Å². The molecule has 0 aliphatic carbocycles. The van der Waals surface area contributed by atoms with Gasteiger partial charge >= 0.3 is 8.56 Å². The van der Waals surface area contributed by atoms with Crippen molar-refractivity contribution in [3.8, 4) is 0 Å². The van der Waals surface area contributed by atoms with Gasteiger partial charge in [-0.2, -0.15) is 0 Å². The van der Waals surface area contributed by atoms with Crippen molar-refractivity contribution in [2.45, 2.75) is 62.3 Å². The zero-order chi connectivity index (χ0) is 17.8. The van der Waals surface area contributed by atoms with Crippen molar-refractivity contribution in [2.24, 2.45) is 0 Å². The number of rotatable bonds is 9. The van der Waals surface area contributed by atoms with Crippen LogP contribution in [-0.2, 0) is 31.2 Å². The van der Waals surface area contributed by atoms with Crippen molar-refractivity contribution in [3.05, 3.63) is 35.4 Å². The Morgan fingerprint density at radius 1 is 1.12 bits per heavy atom. The normalized spacial score (nSPS) is 28.0. The van der Waals surface area contributed by atoms with Crippen LogP contribution in [0.3, 0.4) is 0 Å². The van der Waals surface area contributed by atoms with Crippen LogP contribution in [-0.4, -0.2) is 47.8 Å². The van der Waals surface area contributed by atoms with Gasteiger partial charge in [0.25, 0.3) is 0 Å². The highest BCUT2D eigenvalue weighted by Gasteiger charge is 2.58. The highest BCUT2D eigenvalue weighted by atomic mass is 28.4. The van der Waals surface area contributed by atoms with E-state index in [1.807, 2.05) is 7.11 Å². The molecule has 2 saturated heterocycles. The van der Waals surface area contributed by atoms with Crippen LogP contribution in [0.25, 0.3) is 0 Å². The molecular weight excluding hydrogens is 332 g/mol. The fourth-order valence-corrected chi connectivity index (χ4v) is 8.43. The van der Waals surface area contributed by atoms with Crippen molar-refractivity contribution in [2.75, 3.05) is 27.9 Å². The quantitative estimate of drug-likeness (QED) is 0.494. The molecule has 3 rings (SSSR count). The Balaban J connectivity index is 1.66. The van der Waals surface area contributed by atoms with Gasteiger partial charge in [0.2, 0.25) is 0 Å². The number of benzene rings is 1. The number of ether oxygens (including phenoxy) is 2. The first kappa shape index (κ1) is 19.0. The average molecular weight is 365 g/mol. The van der Waals surface area contributed by atoms with Gasteiger partial charge in [-0.3, -0.25) is 0 Å². The highest BCUT2D eigenvalue weighted by Crippen LogP contribution is 2.43. The molecule has 2 aliphatic rings. The Morgan fingerprint density at radius 3 is 2.48 bits per heavy atom. The number of aryl methyl sites for hydroxylation is 1. The first-order valence-corrected chi connectivity index (χ1v) is 11.5. The molecule has 0 saturated carbocycles. The van der Waals surface area contributed by atoms with Crippen LogP contribution >= 0.6 is 0 Å². The van der Waals surface area contributed by atoms with E-state index in [0.717, 1.165) is 44.8 Å². The molecule has 1 aromatic rings. The second-order valence-corrected chi connectivity index (χ2v) is 11.1. The van der Waals surface area contributed by atoms with E-state index in [0.29, 0.717) is 6.10 Å². The minimum Gasteiger partial charge on any atom is -0.396 e. The molecule has 2 atom stereocenters. The van der Waals surface area contributed by atoms with Gasteiger partial charge in [-0.25, -0.2) is 0 Å². The zero-order valence-electron chi connectivity index (χ0n) is 15.9. The van der Waals surface area contributed by atoms with E-state index in [4.69, 9.17) is 18.3 Å².